The summed E-state index contributed by atoms with van der Waals surface area (Å²) < 4.78 is 0. The van der Waals surface area contributed by atoms with Gasteiger partial charge in [-0.15, -0.1) is 0 Å². The molecule has 18 heavy (non-hydrogen) atoms. The first-order valence-corrected chi connectivity index (χ1v) is 6.61. The van der Waals surface area contributed by atoms with Gasteiger partial charge in [0, 0.05) is 11.1 Å². The normalized spacial score (nSPS) is 15.0. The molecule has 94 valence electrons. The maximum Gasteiger partial charge on any atom is 0.233 e. The van der Waals surface area contributed by atoms with Crippen molar-refractivity contribution >= 4 is 17.1 Å². The summed E-state index contributed by atoms with van der Waals surface area (Å²) in [7, 11) is 0. The second-order valence-corrected chi connectivity index (χ2v) is 4.66. The van der Waals surface area contributed by atoms with Crippen LogP contribution in [0.4, 0.5) is 0 Å². The molecule has 0 amide bonds. The first kappa shape index (κ1) is 12.7. The Labute approximate surface area is 108 Å². The summed E-state index contributed by atoms with van der Waals surface area (Å²) in [6.07, 6.45) is 3.45. The molecule has 0 fully saturated rings. The second kappa shape index (κ2) is 5.30. The third-order valence-electron chi connectivity index (χ3n) is 3.34. The summed E-state index contributed by atoms with van der Waals surface area (Å²) in [5.41, 5.74) is 3.36. The van der Waals surface area contributed by atoms with Gasteiger partial charge in [-0.3, -0.25) is 9.59 Å². The van der Waals surface area contributed by atoms with E-state index < -0.39 is 0 Å². The molecule has 0 aromatic heterocycles. The number of ketones is 2. The number of hydrogen-bond donors (Lipinski definition) is 0. The first-order chi connectivity index (χ1) is 8.70. The minimum atomic E-state index is -0.339. The van der Waals surface area contributed by atoms with Crippen molar-refractivity contribution < 1.29 is 9.59 Å². The third-order valence-corrected chi connectivity index (χ3v) is 3.34. The predicted molar refractivity (Wildman–Crippen MR) is 72.5 cm³/mol. The van der Waals surface area contributed by atoms with E-state index in [2.05, 4.69) is 6.92 Å². The lowest BCUT2D eigenvalue weighted by molar-refractivity contribution is -0.112. The minimum Gasteiger partial charge on any atom is -0.285 e. The molecule has 1 aromatic carbocycles. The molecule has 0 aliphatic heterocycles. The molecule has 0 bridgehead atoms. The number of fused-ring (bicyclic) bond motifs is 1. The molecule has 1 aliphatic carbocycles. The van der Waals surface area contributed by atoms with Crippen LogP contribution in [0, 0.1) is 0 Å². The highest BCUT2D eigenvalue weighted by atomic mass is 16.2. The molecule has 1 aromatic rings. The Kier molecular flexibility index (Phi) is 3.75. The van der Waals surface area contributed by atoms with Gasteiger partial charge in [-0.05, 0) is 24.0 Å². The average Bonchev–Trinajstić information content (AvgIpc) is 2.40. The number of hydrogen-bond acceptors (Lipinski definition) is 2. The molecule has 1 aliphatic rings. The summed E-state index contributed by atoms with van der Waals surface area (Å²) in [5.74, 6) is -0.632. The standard InChI is InChI=1S/C16H18O2/c1-3-7-11-12-9-5-6-10-14(12)16(18)15(17)13(11)8-4-2/h5-6,9-10H,3-4,7-8H2,1-2H3. The highest BCUT2D eigenvalue weighted by Crippen LogP contribution is 2.34. The van der Waals surface area contributed by atoms with Gasteiger partial charge in [-0.2, -0.15) is 0 Å². The van der Waals surface area contributed by atoms with E-state index in [9.17, 15) is 9.59 Å². The van der Waals surface area contributed by atoms with Crippen LogP contribution in [0.15, 0.2) is 29.8 Å². The topological polar surface area (TPSA) is 34.1 Å². The smallest absolute Gasteiger partial charge is 0.233 e. The molecule has 0 unspecified atom stereocenters. The zero-order valence-corrected chi connectivity index (χ0v) is 11.0. The van der Waals surface area contributed by atoms with Gasteiger partial charge in [-0.25, -0.2) is 0 Å². The zero-order valence-electron chi connectivity index (χ0n) is 11.0. The van der Waals surface area contributed by atoms with Gasteiger partial charge in [0.1, 0.15) is 0 Å². The first-order valence-electron chi connectivity index (χ1n) is 6.61. The highest BCUT2D eigenvalue weighted by molar-refractivity contribution is 6.52. The van der Waals surface area contributed by atoms with E-state index >= 15 is 0 Å². The van der Waals surface area contributed by atoms with E-state index in [1.807, 2.05) is 25.1 Å². The van der Waals surface area contributed by atoms with Gasteiger partial charge >= 0.3 is 0 Å². The molecule has 0 saturated carbocycles. The Balaban J connectivity index is 2.63. The Bertz CT molecular complexity index is 524. The van der Waals surface area contributed by atoms with Crippen molar-refractivity contribution in [2.24, 2.45) is 0 Å². The highest BCUT2D eigenvalue weighted by Gasteiger charge is 2.30. The summed E-state index contributed by atoms with van der Waals surface area (Å²) in [5, 5.41) is 0. The lowest BCUT2D eigenvalue weighted by Crippen LogP contribution is -2.24. The van der Waals surface area contributed by atoms with E-state index in [4.69, 9.17) is 0 Å². The third kappa shape index (κ3) is 2.03. The molecule has 2 rings (SSSR count). The van der Waals surface area contributed by atoms with Crippen LogP contribution in [0.3, 0.4) is 0 Å². The van der Waals surface area contributed by atoms with Crippen molar-refractivity contribution in [2.75, 3.05) is 0 Å². The van der Waals surface area contributed by atoms with Crippen LogP contribution in [-0.4, -0.2) is 11.6 Å². The van der Waals surface area contributed by atoms with Crippen LogP contribution in [-0.2, 0) is 4.79 Å². The predicted octanol–water partition coefficient (Wildman–Crippen LogP) is 3.81. The van der Waals surface area contributed by atoms with E-state index in [1.165, 1.54) is 0 Å². The quantitative estimate of drug-likeness (QED) is 0.752. The van der Waals surface area contributed by atoms with Crippen LogP contribution in [0.25, 0.3) is 5.57 Å². The van der Waals surface area contributed by atoms with Gasteiger partial charge in [-0.1, -0.05) is 51.0 Å². The molecule has 2 nitrogen and oxygen atoms in total. The number of carbonyl (C=O) groups is 2. The van der Waals surface area contributed by atoms with Crippen LogP contribution in [0.5, 0.6) is 0 Å². The molecule has 0 N–H and O–H groups in total. The van der Waals surface area contributed by atoms with Crippen molar-refractivity contribution in [1.82, 2.24) is 0 Å². The van der Waals surface area contributed by atoms with Crippen molar-refractivity contribution in [3.63, 3.8) is 0 Å². The zero-order chi connectivity index (χ0) is 13.1. The number of benzene rings is 1. The van der Waals surface area contributed by atoms with E-state index in [1.54, 1.807) is 6.07 Å². The molecule has 0 spiro atoms. The minimum absolute atomic E-state index is 0.293. The molecule has 0 atom stereocenters. The van der Waals surface area contributed by atoms with Crippen molar-refractivity contribution in [3.05, 3.63) is 41.0 Å². The average molecular weight is 242 g/mol. The van der Waals surface area contributed by atoms with Crippen molar-refractivity contribution in [1.29, 1.82) is 0 Å². The number of Topliss-reactive ketones (excluding diaryl/α,β-unsaturated/α-hetero) is 2. The SMILES string of the molecule is CCCC1=C(CCC)c2ccccc2C(=O)C1=O. The number of carbonyl (C=O) groups excluding carboxylic acids is 2. The van der Waals surface area contributed by atoms with Crippen molar-refractivity contribution in [2.45, 2.75) is 39.5 Å². The lowest BCUT2D eigenvalue weighted by atomic mass is 9.80. The van der Waals surface area contributed by atoms with E-state index in [0.29, 0.717) is 12.0 Å². The lowest BCUT2D eigenvalue weighted by Gasteiger charge is -2.21. The van der Waals surface area contributed by atoms with E-state index in [-0.39, 0.29) is 11.6 Å². The number of allylic oxidation sites excluding steroid dienone is 2. The maximum atomic E-state index is 12.2. The summed E-state index contributed by atoms with van der Waals surface area (Å²) in [6.45, 7) is 4.13. The van der Waals surface area contributed by atoms with Crippen LogP contribution < -0.4 is 0 Å². The largest absolute Gasteiger partial charge is 0.285 e. The van der Waals surface area contributed by atoms with Crippen molar-refractivity contribution in [3.8, 4) is 0 Å². The number of rotatable bonds is 4. The molecule has 0 saturated heterocycles. The fraction of sp³-hybridized carbons (Fsp3) is 0.375. The summed E-state index contributed by atoms with van der Waals surface area (Å²) >= 11 is 0. The van der Waals surface area contributed by atoms with E-state index in [0.717, 1.165) is 36.0 Å². The maximum absolute atomic E-state index is 12.2. The molecule has 0 heterocycles. The van der Waals surface area contributed by atoms with Gasteiger partial charge in [0.25, 0.3) is 0 Å². The van der Waals surface area contributed by atoms with Crippen LogP contribution in [0.1, 0.15) is 55.5 Å². The Morgan fingerprint density at radius 3 is 1.94 bits per heavy atom. The Hall–Kier alpha value is -1.70. The van der Waals surface area contributed by atoms with Gasteiger partial charge in [0.2, 0.25) is 11.6 Å². The van der Waals surface area contributed by atoms with Crippen LogP contribution in [0.2, 0.25) is 0 Å². The summed E-state index contributed by atoms with van der Waals surface area (Å²) in [6, 6.07) is 7.47. The monoisotopic (exact) mass is 242 g/mol. The fourth-order valence-electron chi connectivity index (χ4n) is 2.55. The van der Waals surface area contributed by atoms with Gasteiger partial charge in [0.15, 0.2) is 0 Å². The Morgan fingerprint density at radius 1 is 0.778 bits per heavy atom. The Morgan fingerprint density at radius 2 is 1.33 bits per heavy atom. The van der Waals surface area contributed by atoms with Gasteiger partial charge in [0.05, 0.1) is 0 Å². The second-order valence-electron chi connectivity index (χ2n) is 4.66. The summed E-state index contributed by atoms with van der Waals surface area (Å²) in [4.78, 5) is 24.2. The molecular formula is C16H18O2. The fourth-order valence-corrected chi connectivity index (χ4v) is 2.55. The van der Waals surface area contributed by atoms with Crippen LogP contribution >= 0.6 is 0 Å². The molecule has 0 radical (unpaired) electrons. The van der Waals surface area contributed by atoms with Gasteiger partial charge < -0.3 is 0 Å². The molecular weight excluding hydrogens is 224 g/mol. The molecule has 2 heteroatoms.